The smallest absolute Gasteiger partial charge is 0.174 e. The Morgan fingerprint density at radius 3 is 2.75 bits per heavy atom. The SMILES string of the molecule is CC1(C)O[C@@H]2[C@H](O1)[C@@H](O)C[C@H]2N1N=N/C(=C(/N)Cl)C1=N. The van der Waals surface area contributed by atoms with Gasteiger partial charge in [-0.3, -0.25) is 5.41 Å². The zero-order valence-electron chi connectivity index (χ0n) is 11.1. The third-order valence-electron chi connectivity index (χ3n) is 3.64. The number of nitrogens with two attached hydrogens (primary N) is 1. The van der Waals surface area contributed by atoms with Gasteiger partial charge in [-0.15, -0.1) is 5.11 Å². The molecule has 0 bridgehead atoms. The van der Waals surface area contributed by atoms with Crippen LogP contribution in [0, 0.1) is 5.41 Å². The van der Waals surface area contributed by atoms with E-state index in [1.807, 2.05) is 0 Å². The van der Waals surface area contributed by atoms with Gasteiger partial charge in [-0.2, -0.15) is 0 Å². The molecule has 110 valence electrons. The van der Waals surface area contributed by atoms with Crippen molar-refractivity contribution in [3.05, 3.63) is 10.9 Å². The predicted molar refractivity (Wildman–Crippen MR) is 69.7 cm³/mol. The maximum atomic E-state index is 10.1. The lowest BCUT2D eigenvalue weighted by Gasteiger charge is -2.26. The number of hydrogen-bond acceptors (Lipinski definition) is 7. The van der Waals surface area contributed by atoms with E-state index in [9.17, 15) is 5.11 Å². The molecule has 8 nitrogen and oxygen atoms in total. The Hall–Kier alpha value is -1.22. The van der Waals surface area contributed by atoms with Crippen LogP contribution in [0.4, 0.5) is 0 Å². The van der Waals surface area contributed by atoms with Crippen molar-refractivity contribution in [3.63, 3.8) is 0 Å². The van der Waals surface area contributed by atoms with E-state index in [0.717, 1.165) is 0 Å². The Labute approximate surface area is 120 Å². The van der Waals surface area contributed by atoms with Gasteiger partial charge in [0.15, 0.2) is 17.3 Å². The fourth-order valence-electron chi connectivity index (χ4n) is 2.85. The van der Waals surface area contributed by atoms with E-state index < -0.39 is 18.0 Å². The highest BCUT2D eigenvalue weighted by Gasteiger charge is 2.56. The molecule has 0 spiro atoms. The first-order valence-electron chi connectivity index (χ1n) is 6.29. The first kappa shape index (κ1) is 13.7. The summed E-state index contributed by atoms with van der Waals surface area (Å²) in [5, 5.41) is 27.1. The van der Waals surface area contributed by atoms with Gasteiger partial charge in [-0.1, -0.05) is 16.8 Å². The summed E-state index contributed by atoms with van der Waals surface area (Å²) in [6, 6.07) is -0.332. The summed E-state index contributed by atoms with van der Waals surface area (Å²) in [5.74, 6) is -0.762. The van der Waals surface area contributed by atoms with E-state index in [1.54, 1.807) is 13.8 Å². The number of amidine groups is 1. The summed E-state index contributed by atoms with van der Waals surface area (Å²) >= 11 is 5.67. The molecule has 1 aliphatic carbocycles. The van der Waals surface area contributed by atoms with Gasteiger partial charge in [0, 0.05) is 6.42 Å². The van der Waals surface area contributed by atoms with Gasteiger partial charge in [-0.25, -0.2) is 5.01 Å². The van der Waals surface area contributed by atoms with Crippen molar-refractivity contribution in [2.24, 2.45) is 16.1 Å². The number of aliphatic hydroxyl groups is 1. The number of hydrogen-bond donors (Lipinski definition) is 3. The molecule has 0 radical (unpaired) electrons. The lowest BCUT2D eigenvalue weighted by atomic mass is 10.2. The maximum Gasteiger partial charge on any atom is 0.174 e. The van der Waals surface area contributed by atoms with Gasteiger partial charge in [0.05, 0.1) is 12.1 Å². The van der Waals surface area contributed by atoms with Crippen molar-refractivity contribution in [1.29, 1.82) is 5.41 Å². The van der Waals surface area contributed by atoms with Crippen LogP contribution in [-0.2, 0) is 9.47 Å². The number of nitrogens with one attached hydrogen (secondary N) is 1. The van der Waals surface area contributed by atoms with E-state index in [-0.39, 0.29) is 28.8 Å². The third-order valence-corrected chi connectivity index (χ3v) is 3.82. The minimum absolute atomic E-state index is 0.00339. The van der Waals surface area contributed by atoms with Crippen molar-refractivity contribution >= 4 is 17.4 Å². The fraction of sp³-hybridized carbons (Fsp3) is 0.727. The highest BCUT2D eigenvalue weighted by atomic mass is 35.5. The van der Waals surface area contributed by atoms with Crippen LogP contribution in [-0.4, -0.2) is 46.1 Å². The molecule has 4 atom stereocenters. The molecule has 2 fully saturated rings. The van der Waals surface area contributed by atoms with E-state index in [1.165, 1.54) is 5.01 Å². The van der Waals surface area contributed by atoms with Crippen molar-refractivity contribution in [2.45, 2.75) is 50.4 Å². The molecule has 1 saturated heterocycles. The lowest BCUT2D eigenvalue weighted by molar-refractivity contribution is -0.166. The molecule has 4 N–H and O–H groups in total. The summed E-state index contributed by atoms with van der Waals surface area (Å²) in [5.41, 5.74) is 5.57. The molecule has 0 aromatic carbocycles. The van der Waals surface area contributed by atoms with Gasteiger partial charge in [-0.05, 0) is 13.8 Å². The van der Waals surface area contributed by atoms with Crippen LogP contribution in [0.15, 0.2) is 21.2 Å². The quantitative estimate of drug-likeness (QED) is 0.615. The normalized spacial score (nSPS) is 41.4. The summed E-state index contributed by atoms with van der Waals surface area (Å²) in [6.07, 6.45) is -1.10. The third kappa shape index (κ3) is 1.99. The number of fused-ring (bicyclic) bond motifs is 1. The van der Waals surface area contributed by atoms with Crippen molar-refractivity contribution < 1.29 is 14.6 Å². The minimum Gasteiger partial charge on any atom is -0.390 e. The molecule has 1 saturated carbocycles. The van der Waals surface area contributed by atoms with E-state index in [0.29, 0.717) is 6.42 Å². The van der Waals surface area contributed by atoms with E-state index >= 15 is 0 Å². The van der Waals surface area contributed by atoms with E-state index in [2.05, 4.69) is 10.3 Å². The number of nitrogens with zero attached hydrogens (tertiary/aromatic N) is 3. The molecular weight excluding hydrogens is 286 g/mol. The van der Waals surface area contributed by atoms with Crippen molar-refractivity contribution in [1.82, 2.24) is 5.01 Å². The van der Waals surface area contributed by atoms with Gasteiger partial charge >= 0.3 is 0 Å². The Morgan fingerprint density at radius 1 is 1.50 bits per heavy atom. The number of rotatable bonds is 1. The molecule has 2 aliphatic heterocycles. The van der Waals surface area contributed by atoms with Crippen LogP contribution in [0.25, 0.3) is 0 Å². The Balaban J connectivity index is 1.85. The van der Waals surface area contributed by atoms with Crippen LogP contribution in [0.2, 0.25) is 0 Å². The largest absolute Gasteiger partial charge is 0.390 e. The second kappa shape index (κ2) is 4.39. The molecule has 3 rings (SSSR count). The number of halogens is 1. The molecule has 0 aromatic heterocycles. The Kier molecular flexibility index (Phi) is 3.02. The first-order valence-corrected chi connectivity index (χ1v) is 6.67. The Bertz CT molecular complexity index is 516. The average molecular weight is 302 g/mol. The lowest BCUT2D eigenvalue weighted by Crippen LogP contribution is -2.42. The van der Waals surface area contributed by atoms with E-state index in [4.69, 9.17) is 32.2 Å². The molecule has 20 heavy (non-hydrogen) atoms. The average Bonchev–Trinajstić information content (AvgIpc) is 2.93. The first-order chi connectivity index (χ1) is 9.30. The van der Waals surface area contributed by atoms with Crippen molar-refractivity contribution in [3.8, 4) is 0 Å². The molecule has 3 aliphatic rings. The number of aliphatic hydroxyl groups excluding tert-OH is 1. The standard InChI is InChI=1S/C11H16ClN5O3/c1-11(2)19-7-4(3-5(18)8(7)20-11)17-10(14)6(9(12)13)15-16-17/h4-5,7-8,14,18H,3,13H2,1-2H3/b9-6+,14-10?/t4-,5+,7+,8-/m1/s1. The van der Waals surface area contributed by atoms with Crippen LogP contribution >= 0.6 is 11.6 Å². The zero-order valence-corrected chi connectivity index (χ0v) is 11.8. The Morgan fingerprint density at radius 2 is 2.15 bits per heavy atom. The minimum atomic E-state index is -0.766. The second-order valence-electron chi connectivity index (χ2n) is 5.51. The molecule has 0 unspecified atom stereocenters. The molecule has 9 heteroatoms. The predicted octanol–water partition coefficient (Wildman–Crippen LogP) is 0.666. The van der Waals surface area contributed by atoms with Gasteiger partial charge < -0.3 is 20.3 Å². The zero-order chi connectivity index (χ0) is 14.7. The van der Waals surface area contributed by atoms with Crippen LogP contribution in [0.5, 0.6) is 0 Å². The molecule has 0 amide bonds. The van der Waals surface area contributed by atoms with Gasteiger partial charge in [0.25, 0.3) is 0 Å². The van der Waals surface area contributed by atoms with Gasteiger partial charge in [0.2, 0.25) is 0 Å². The molecule has 2 heterocycles. The van der Waals surface area contributed by atoms with Crippen LogP contribution in [0.1, 0.15) is 20.3 Å². The molecule has 0 aromatic rings. The van der Waals surface area contributed by atoms with Crippen LogP contribution in [0.3, 0.4) is 0 Å². The second-order valence-corrected chi connectivity index (χ2v) is 5.92. The maximum absolute atomic E-state index is 10.1. The summed E-state index contributed by atoms with van der Waals surface area (Å²) < 4.78 is 11.5. The number of ether oxygens (including phenoxy) is 2. The monoisotopic (exact) mass is 301 g/mol. The van der Waals surface area contributed by atoms with Crippen LogP contribution < -0.4 is 5.73 Å². The molecular formula is C11H16ClN5O3. The summed E-state index contributed by atoms with van der Waals surface area (Å²) in [6.45, 7) is 3.57. The summed E-state index contributed by atoms with van der Waals surface area (Å²) in [4.78, 5) is 0. The van der Waals surface area contributed by atoms with Gasteiger partial charge in [0.1, 0.15) is 17.4 Å². The fourth-order valence-corrected chi connectivity index (χ4v) is 2.98. The highest BCUT2D eigenvalue weighted by Crippen LogP contribution is 2.41. The topological polar surface area (TPSA) is 117 Å². The van der Waals surface area contributed by atoms with Crippen molar-refractivity contribution in [2.75, 3.05) is 0 Å². The summed E-state index contributed by atoms with van der Waals surface area (Å²) in [7, 11) is 0. The highest BCUT2D eigenvalue weighted by molar-refractivity contribution is 6.31.